The zero-order valence-electron chi connectivity index (χ0n) is 8.08. The van der Waals surface area contributed by atoms with E-state index in [9.17, 15) is 0 Å². The van der Waals surface area contributed by atoms with E-state index in [4.69, 9.17) is 4.74 Å². The molecule has 0 unspecified atom stereocenters. The number of nitrogens with zero attached hydrogens (tertiary/aromatic N) is 1. The lowest BCUT2D eigenvalue weighted by molar-refractivity contribution is -0.0272. The molecule has 1 heterocycles. The van der Waals surface area contributed by atoms with Gasteiger partial charge in [0.05, 0.1) is 12.7 Å². The van der Waals surface area contributed by atoms with Crippen molar-refractivity contribution in [2.24, 2.45) is 0 Å². The smallest absolute Gasteiger partial charge is 0.0710 e. The molecule has 0 saturated carbocycles. The summed E-state index contributed by atoms with van der Waals surface area (Å²) >= 11 is 1.91. The summed E-state index contributed by atoms with van der Waals surface area (Å²) in [4.78, 5) is 2.47. The number of hydrogen-bond acceptors (Lipinski definition) is 3. The average Bonchev–Trinajstić information content (AvgIpc) is 2.15. The van der Waals surface area contributed by atoms with E-state index < -0.39 is 0 Å². The number of hydrogen-bond donors (Lipinski definition) is 0. The van der Waals surface area contributed by atoms with Crippen LogP contribution in [0.15, 0.2) is 0 Å². The van der Waals surface area contributed by atoms with Gasteiger partial charge in [0.15, 0.2) is 0 Å². The fourth-order valence-corrected chi connectivity index (χ4v) is 1.99. The predicted octanol–water partition coefficient (Wildman–Crippen LogP) is 1.46. The molecule has 1 aliphatic heterocycles. The molecule has 0 aromatic rings. The minimum absolute atomic E-state index is 0.492. The molecule has 0 spiro atoms. The highest BCUT2D eigenvalue weighted by molar-refractivity contribution is 7.98. The molecule has 0 aliphatic carbocycles. The third-order valence-electron chi connectivity index (χ3n) is 2.31. The molecule has 1 saturated heterocycles. The van der Waals surface area contributed by atoms with Gasteiger partial charge in [-0.15, -0.1) is 0 Å². The summed E-state index contributed by atoms with van der Waals surface area (Å²) in [5.74, 6) is 1.22. The third-order valence-corrected chi connectivity index (χ3v) is 2.96. The van der Waals surface area contributed by atoms with Crippen molar-refractivity contribution < 1.29 is 4.74 Å². The lowest BCUT2D eigenvalue weighted by Crippen LogP contribution is -2.42. The van der Waals surface area contributed by atoms with E-state index in [2.05, 4.69) is 18.1 Å². The van der Waals surface area contributed by atoms with Crippen LogP contribution in [0.4, 0.5) is 0 Å². The van der Waals surface area contributed by atoms with Crippen molar-refractivity contribution >= 4 is 11.8 Å². The predicted molar refractivity (Wildman–Crippen MR) is 54.9 cm³/mol. The van der Waals surface area contributed by atoms with Crippen molar-refractivity contribution in [2.45, 2.75) is 19.4 Å². The molecular formula is C9H19NOS. The summed E-state index contributed by atoms with van der Waals surface area (Å²) < 4.78 is 5.66. The molecule has 2 nitrogen and oxygen atoms in total. The van der Waals surface area contributed by atoms with Crippen molar-refractivity contribution in [3.8, 4) is 0 Å². The van der Waals surface area contributed by atoms with E-state index in [1.54, 1.807) is 0 Å². The lowest BCUT2D eigenvalue weighted by atomic mass is 10.2. The quantitative estimate of drug-likeness (QED) is 0.664. The van der Waals surface area contributed by atoms with Gasteiger partial charge in [0, 0.05) is 13.1 Å². The second-order valence-corrected chi connectivity index (χ2v) is 4.15. The summed E-state index contributed by atoms with van der Waals surface area (Å²) in [7, 11) is 0. The molecule has 1 atom stereocenters. The van der Waals surface area contributed by atoms with Gasteiger partial charge < -0.3 is 4.74 Å². The molecule has 12 heavy (non-hydrogen) atoms. The Kier molecular flexibility index (Phi) is 5.04. The molecule has 72 valence electrons. The minimum atomic E-state index is 0.492. The van der Waals surface area contributed by atoms with Gasteiger partial charge >= 0.3 is 0 Å². The first-order valence-corrected chi connectivity index (χ1v) is 6.09. The topological polar surface area (TPSA) is 12.5 Å². The van der Waals surface area contributed by atoms with Gasteiger partial charge in [-0.3, -0.25) is 4.90 Å². The Bertz CT molecular complexity index is 121. The first-order chi connectivity index (χ1) is 5.86. The van der Waals surface area contributed by atoms with E-state index in [-0.39, 0.29) is 0 Å². The van der Waals surface area contributed by atoms with Crippen LogP contribution in [0.3, 0.4) is 0 Å². The average molecular weight is 189 g/mol. The van der Waals surface area contributed by atoms with E-state index >= 15 is 0 Å². The molecule has 0 amide bonds. The van der Waals surface area contributed by atoms with Crippen LogP contribution < -0.4 is 0 Å². The maximum absolute atomic E-state index is 5.66. The van der Waals surface area contributed by atoms with Crippen molar-refractivity contribution in [2.75, 3.05) is 38.2 Å². The van der Waals surface area contributed by atoms with E-state index in [1.165, 1.54) is 18.7 Å². The number of thioether (sulfide) groups is 1. The molecule has 1 aliphatic rings. The van der Waals surface area contributed by atoms with E-state index in [0.29, 0.717) is 6.10 Å². The molecule has 0 aromatic carbocycles. The van der Waals surface area contributed by atoms with Gasteiger partial charge in [-0.25, -0.2) is 0 Å². The van der Waals surface area contributed by atoms with Crippen molar-refractivity contribution in [3.05, 3.63) is 0 Å². The van der Waals surface area contributed by atoms with Gasteiger partial charge in [-0.1, -0.05) is 6.92 Å². The first-order valence-electron chi connectivity index (χ1n) is 4.69. The van der Waals surface area contributed by atoms with Crippen LogP contribution >= 0.6 is 11.8 Å². The van der Waals surface area contributed by atoms with E-state index in [0.717, 1.165) is 19.7 Å². The Morgan fingerprint density at radius 3 is 3.08 bits per heavy atom. The Morgan fingerprint density at radius 1 is 1.58 bits per heavy atom. The van der Waals surface area contributed by atoms with Crippen LogP contribution in [0.2, 0.25) is 0 Å². The van der Waals surface area contributed by atoms with Gasteiger partial charge in [0.25, 0.3) is 0 Å². The summed E-state index contributed by atoms with van der Waals surface area (Å²) in [6.45, 7) is 6.56. The normalized spacial score (nSPS) is 26.0. The lowest BCUT2D eigenvalue weighted by Gasteiger charge is -2.31. The largest absolute Gasteiger partial charge is 0.376 e. The molecule has 3 heteroatoms. The Hall–Kier alpha value is 0.270. The fourth-order valence-electron chi connectivity index (χ4n) is 1.49. The zero-order valence-corrected chi connectivity index (χ0v) is 8.90. The Balaban J connectivity index is 2.16. The highest BCUT2D eigenvalue weighted by Crippen LogP contribution is 2.10. The summed E-state index contributed by atoms with van der Waals surface area (Å²) in [6, 6.07) is 0. The van der Waals surface area contributed by atoms with Crippen LogP contribution in [-0.4, -0.2) is 49.3 Å². The highest BCUT2D eigenvalue weighted by Gasteiger charge is 2.18. The molecule has 0 bridgehead atoms. The third kappa shape index (κ3) is 3.33. The number of morpholine rings is 1. The second kappa shape index (κ2) is 5.84. The molecule has 1 rings (SSSR count). The van der Waals surface area contributed by atoms with Crippen LogP contribution in [0.5, 0.6) is 0 Å². The van der Waals surface area contributed by atoms with Crippen molar-refractivity contribution in [3.63, 3.8) is 0 Å². The Morgan fingerprint density at radius 2 is 2.42 bits per heavy atom. The van der Waals surface area contributed by atoms with Crippen molar-refractivity contribution in [1.29, 1.82) is 0 Å². The maximum Gasteiger partial charge on any atom is 0.0710 e. The standard InChI is InChI=1S/C9H19NOS/c1-3-10-5-6-11-9(8-10)4-7-12-2/h9H,3-8H2,1-2H3/t9-/m1/s1. The molecule has 0 N–H and O–H groups in total. The molecule has 1 fully saturated rings. The number of likely N-dealkylation sites (N-methyl/N-ethyl adjacent to an activating group) is 1. The summed E-state index contributed by atoms with van der Waals surface area (Å²) in [6.07, 6.45) is 3.85. The molecule has 0 radical (unpaired) electrons. The van der Waals surface area contributed by atoms with Gasteiger partial charge in [0.2, 0.25) is 0 Å². The minimum Gasteiger partial charge on any atom is -0.376 e. The SMILES string of the molecule is CCN1CCO[C@H](CCSC)C1. The van der Waals surface area contributed by atoms with Crippen LogP contribution in [-0.2, 0) is 4.74 Å². The summed E-state index contributed by atoms with van der Waals surface area (Å²) in [5, 5.41) is 0. The highest BCUT2D eigenvalue weighted by atomic mass is 32.2. The zero-order chi connectivity index (χ0) is 8.81. The fraction of sp³-hybridized carbons (Fsp3) is 1.00. The maximum atomic E-state index is 5.66. The second-order valence-electron chi connectivity index (χ2n) is 3.17. The van der Waals surface area contributed by atoms with E-state index in [1.807, 2.05) is 11.8 Å². The summed E-state index contributed by atoms with van der Waals surface area (Å²) in [5.41, 5.74) is 0. The first kappa shape index (κ1) is 10.4. The van der Waals surface area contributed by atoms with Gasteiger partial charge in [0.1, 0.15) is 0 Å². The number of ether oxygens (including phenoxy) is 1. The van der Waals surface area contributed by atoms with Crippen LogP contribution in [0, 0.1) is 0 Å². The monoisotopic (exact) mass is 189 g/mol. The molecular weight excluding hydrogens is 170 g/mol. The number of rotatable bonds is 4. The van der Waals surface area contributed by atoms with Gasteiger partial charge in [-0.2, -0.15) is 11.8 Å². The molecule has 0 aromatic heterocycles. The van der Waals surface area contributed by atoms with Crippen LogP contribution in [0.1, 0.15) is 13.3 Å². The Labute approximate surface area is 79.6 Å². The van der Waals surface area contributed by atoms with Crippen LogP contribution in [0.25, 0.3) is 0 Å². The van der Waals surface area contributed by atoms with Crippen molar-refractivity contribution in [1.82, 2.24) is 4.90 Å². The van der Waals surface area contributed by atoms with Gasteiger partial charge in [-0.05, 0) is 25.0 Å².